The number of aliphatic hydroxyl groups is 2. The Labute approximate surface area is 146 Å². The summed E-state index contributed by atoms with van der Waals surface area (Å²) in [5.41, 5.74) is -3.06. The zero-order valence-electron chi connectivity index (χ0n) is 14.2. The zero-order chi connectivity index (χ0) is 18.1. The third-order valence-corrected chi connectivity index (χ3v) is 5.08. The third kappa shape index (κ3) is 3.09. The number of alkyl halides is 1. The van der Waals surface area contributed by atoms with Crippen LogP contribution in [0.3, 0.4) is 0 Å². The zero-order valence-corrected chi connectivity index (χ0v) is 14.9. The van der Waals surface area contributed by atoms with Crippen molar-refractivity contribution in [3.05, 3.63) is 12.2 Å². The molecule has 2 rings (SSSR count). The predicted octanol–water partition coefficient (Wildman–Crippen LogP) is 0.951. The number of rotatable bonds is 6. The number of carbonyl (C=O) groups is 1. The van der Waals surface area contributed by atoms with Crippen molar-refractivity contribution in [1.82, 2.24) is 0 Å². The molecule has 0 aromatic rings. The van der Waals surface area contributed by atoms with Gasteiger partial charge in [-0.1, -0.05) is 6.58 Å². The molecule has 7 nitrogen and oxygen atoms in total. The maximum absolute atomic E-state index is 11.4. The van der Waals surface area contributed by atoms with E-state index in [1.54, 1.807) is 13.8 Å². The second kappa shape index (κ2) is 7.27. The van der Waals surface area contributed by atoms with Gasteiger partial charge in [-0.3, -0.25) is 4.79 Å². The summed E-state index contributed by atoms with van der Waals surface area (Å²) in [5, 5.41) is 22.4. The van der Waals surface area contributed by atoms with Crippen molar-refractivity contribution in [1.29, 1.82) is 0 Å². The van der Waals surface area contributed by atoms with Gasteiger partial charge < -0.3 is 29.2 Å². The second-order valence-electron chi connectivity index (χ2n) is 6.10. The third-order valence-electron chi connectivity index (χ3n) is 4.65. The molecule has 0 bridgehead atoms. The smallest absolute Gasteiger partial charge is 0.303 e. The molecule has 6 atom stereocenters. The standard InChI is InChI=1S/C16H25ClO7/c1-5-21-13-9(3)15(19)7-11(23-10(4)18)16(20,8-17)12(15)14(24-13)22-6-2/h11-14,19-20H,3,5-8H2,1-2,4H3/t11-,12-,13+,14-,15-,16+/m0/s1. The molecule has 24 heavy (non-hydrogen) atoms. The number of carbonyl (C=O) groups excluding carboxylic acids is 1. The van der Waals surface area contributed by atoms with Crippen LogP contribution in [0, 0.1) is 5.92 Å². The van der Waals surface area contributed by atoms with Crippen LogP contribution >= 0.6 is 11.6 Å². The molecule has 1 saturated heterocycles. The Hall–Kier alpha value is -0.700. The van der Waals surface area contributed by atoms with E-state index in [-0.39, 0.29) is 17.9 Å². The summed E-state index contributed by atoms with van der Waals surface area (Å²) in [5.74, 6) is -1.81. The van der Waals surface area contributed by atoms with Gasteiger partial charge in [0.25, 0.3) is 0 Å². The van der Waals surface area contributed by atoms with Crippen molar-refractivity contribution >= 4 is 17.6 Å². The SMILES string of the molecule is C=C1[C@H](OCC)O[C@H](OCC)[C@@H]2[C@@](O)(CCl)[C@@H](OC(C)=O)C[C@]12O. The summed E-state index contributed by atoms with van der Waals surface area (Å²) in [6.07, 6.45) is -2.93. The van der Waals surface area contributed by atoms with Crippen LogP contribution in [-0.2, 0) is 23.7 Å². The first-order valence-electron chi connectivity index (χ1n) is 8.00. The molecule has 0 unspecified atom stereocenters. The van der Waals surface area contributed by atoms with Crippen molar-refractivity contribution < 1.29 is 34.0 Å². The Morgan fingerprint density at radius 2 is 2.00 bits per heavy atom. The summed E-state index contributed by atoms with van der Waals surface area (Å²) < 4.78 is 22.0. The highest BCUT2D eigenvalue weighted by atomic mass is 35.5. The molecule has 1 heterocycles. The van der Waals surface area contributed by atoms with Crippen LogP contribution in [0.5, 0.6) is 0 Å². The molecule has 1 saturated carbocycles. The molecule has 0 aromatic carbocycles. The number of halogens is 1. The highest BCUT2D eigenvalue weighted by molar-refractivity contribution is 6.18. The fourth-order valence-electron chi connectivity index (χ4n) is 3.58. The van der Waals surface area contributed by atoms with Crippen molar-refractivity contribution in [3.8, 4) is 0 Å². The summed E-state index contributed by atoms with van der Waals surface area (Å²) >= 11 is 6.00. The lowest BCUT2D eigenvalue weighted by molar-refractivity contribution is -0.311. The Balaban J connectivity index is 2.45. The van der Waals surface area contributed by atoms with Gasteiger partial charge in [-0.15, -0.1) is 11.6 Å². The minimum Gasteiger partial charge on any atom is -0.459 e. The summed E-state index contributed by atoms with van der Waals surface area (Å²) in [4.78, 5) is 11.4. The van der Waals surface area contributed by atoms with E-state index < -0.39 is 41.8 Å². The summed E-state index contributed by atoms with van der Waals surface area (Å²) in [6, 6.07) is 0. The first-order valence-corrected chi connectivity index (χ1v) is 8.53. The van der Waals surface area contributed by atoms with Gasteiger partial charge in [-0.05, 0) is 13.8 Å². The van der Waals surface area contributed by atoms with Gasteiger partial charge in [-0.25, -0.2) is 0 Å². The van der Waals surface area contributed by atoms with E-state index in [1.165, 1.54) is 6.92 Å². The van der Waals surface area contributed by atoms with Crippen LogP contribution in [0.4, 0.5) is 0 Å². The maximum Gasteiger partial charge on any atom is 0.303 e. The molecule has 2 fully saturated rings. The molecule has 1 aliphatic carbocycles. The molecule has 138 valence electrons. The van der Waals surface area contributed by atoms with Gasteiger partial charge >= 0.3 is 5.97 Å². The average Bonchev–Trinajstić information content (AvgIpc) is 2.73. The first kappa shape index (κ1) is 19.6. The first-order chi connectivity index (χ1) is 11.2. The number of ether oxygens (including phenoxy) is 4. The highest BCUT2D eigenvalue weighted by Gasteiger charge is 2.69. The van der Waals surface area contributed by atoms with Gasteiger partial charge in [0, 0.05) is 32.1 Å². The topological polar surface area (TPSA) is 94.5 Å². The van der Waals surface area contributed by atoms with Crippen LogP contribution in [-0.4, -0.2) is 65.2 Å². The number of hydrogen-bond donors (Lipinski definition) is 2. The monoisotopic (exact) mass is 364 g/mol. The molecule has 0 amide bonds. The number of esters is 1. The minimum absolute atomic E-state index is 0.0597. The van der Waals surface area contributed by atoms with Crippen LogP contribution < -0.4 is 0 Å². The average molecular weight is 365 g/mol. The van der Waals surface area contributed by atoms with E-state index in [2.05, 4.69) is 6.58 Å². The number of hydrogen-bond acceptors (Lipinski definition) is 7. The van der Waals surface area contributed by atoms with E-state index in [1.807, 2.05) is 0 Å². The van der Waals surface area contributed by atoms with Crippen molar-refractivity contribution in [2.45, 2.75) is 57.1 Å². The molecule has 2 aliphatic rings. The van der Waals surface area contributed by atoms with Crippen LogP contribution in [0.25, 0.3) is 0 Å². The van der Waals surface area contributed by atoms with Gasteiger partial charge in [0.15, 0.2) is 12.6 Å². The lowest BCUT2D eigenvalue weighted by Crippen LogP contribution is -2.61. The molecular formula is C16H25ClO7. The molecule has 0 aromatic heterocycles. The van der Waals surface area contributed by atoms with Gasteiger partial charge in [-0.2, -0.15) is 0 Å². The molecular weight excluding hydrogens is 340 g/mol. The molecule has 1 aliphatic heterocycles. The second-order valence-corrected chi connectivity index (χ2v) is 6.37. The molecule has 0 spiro atoms. The van der Waals surface area contributed by atoms with Gasteiger partial charge in [0.05, 0.1) is 11.8 Å². The van der Waals surface area contributed by atoms with E-state index >= 15 is 0 Å². The van der Waals surface area contributed by atoms with Gasteiger partial charge in [0.2, 0.25) is 0 Å². The van der Waals surface area contributed by atoms with E-state index in [0.29, 0.717) is 13.2 Å². The Morgan fingerprint density at radius 3 is 2.50 bits per heavy atom. The summed E-state index contributed by atoms with van der Waals surface area (Å²) in [7, 11) is 0. The Kier molecular flexibility index (Phi) is 5.95. The van der Waals surface area contributed by atoms with E-state index in [9.17, 15) is 15.0 Å². The fraction of sp³-hybridized carbons (Fsp3) is 0.812. The van der Waals surface area contributed by atoms with E-state index in [0.717, 1.165) is 0 Å². The lowest BCUT2D eigenvalue weighted by Gasteiger charge is -2.47. The van der Waals surface area contributed by atoms with Crippen molar-refractivity contribution in [2.75, 3.05) is 19.1 Å². The largest absolute Gasteiger partial charge is 0.459 e. The van der Waals surface area contributed by atoms with E-state index in [4.69, 9.17) is 30.5 Å². The molecule has 0 radical (unpaired) electrons. The van der Waals surface area contributed by atoms with Crippen LogP contribution in [0.1, 0.15) is 27.2 Å². The van der Waals surface area contributed by atoms with Crippen molar-refractivity contribution in [2.24, 2.45) is 5.92 Å². The quantitative estimate of drug-likeness (QED) is 0.411. The van der Waals surface area contributed by atoms with Crippen LogP contribution in [0.2, 0.25) is 0 Å². The fourth-order valence-corrected chi connectivity index (χ4v) is 3.92. The minimum atomic E-state index is -1.72. The van der Waals surface area contributed by atoms with Crippen LogP contribution in [0.15, 0.2) is 12.2 Å². The highest BCUT2D eigenvalue weighted by Crippen LogP contribution is 2.54. The Bertz CT molecular complexity index is 499. The molecule has 8 heteroatoms. The normalized spacial score (nSPS) is 42.0. The predicted molar refractivity (Wildman–Crippen MR) is 85.3 cm³/mol. The van der Waals surface area contributed by atoms with Gasteiger partial charge in [0.1, 0.15) is 17.3 Å². The Morgan fingerprint density at radius 1 is 1.38 bits per heavy atom. The number of fused-ring (bicyclic) bond motifs is 1. The maximum atomic E-state index is 11.4. The molecule has 2 N–H and O–H groups in total. The lowest BCUT2D eigenvalue weighted by atomic mass is 9.76. The summed E-state index contributed by atoms with van der Waals surface area (Å²) in [6.45, 7) is 9.30. The van der Waals surface area contributed by atoms with Crippen molar-refractivity contribution in [3.63, 3.8) is 0 Å².